The zero-order valence-electron chi connectivity index (χ0n) is 19.0. The number of carbonyl (C=O) groups is 1. The van der Waals surface area contributed by atoms with Gasteiger partial charge in [-0.3, -0.25) is 18.7 Å². The van der Waals surface area contributed by atoms with Gasteiger partial charge in [-0.05, 0) is 62.7 Å². The summed E-state index contributed by atoms with van der Waals surface area (Å²) in [7, 11) is 0. The molecule has 174 valence electrons. The quantitative estimate of drug-likeness (QED) is 0.208. The highest BCUT2D eigenvalue weighted by molar-refractivity contribution is 7.99. The summed E-state index contributed by atoms with van der Waals surface area (Å²) in [5.74, 6) is 0.312. The van der Waals surface area contributed by atoms with E-state index in [0.717, 1.165) is 48.4 Å². The highest BCUT2D eigenvalue weighted by Gasteiger charge is 2.22. The smallest absolute Gasteiger partial charge is 0.278 e. The Balaban J connectivity index is 1.68. The Bertz CT molecular complexity index is 1500. The van der Waals surface area contributed by atoms with Crippen LogP contribution < -0.4 is 5.56 Å². The molecule has 2 aromatic carbocycles. The number of aromatic nitrogens is 3. The molecule has 9 heteroatoms. The van der Waals surface area contributed by atoms with Crippen LogP contribution in [0.5, 0.6) is 0 Å². The molecule has 3 heterocycles. The van der Waals surface area contributed by atoms with Crippen molar-refractivity contribution in [3.05, 3.63) is 74.0 Å². The first-order valence-corrected chi connectivity index (χ1v) is 13.4. The first-order chi connectivity index (χ1) is 16.4. The molecule has 1 aliphatic heterocycles. The molecule has 5 rings (SSSR count). The second-order valence-electron chi connectivity index (χ2n) is 8.39. The molecule has 0 atom stereocenters. The summed E-state index contributed by atoms with van der Waals surface area (Å²) in [5, 5.41) is 0.490. The molecular formula is C25H24N4O2S3. The van der Waals surface area contributed by atoms with Crippen molar-refractivity contribution in [2.24, 2.45) is 0 Å². The summed E-state index contributed by atoms with van der Waals surface area (Å²) < 4.78 is 4.55. The van der Waals surface area contributed by atoms with Crippen molar-refractivity contribution in [3.8, 4) is 11.4 Å². The topological polar surface area (TPSA) is 60.1 Å². The summed E-state index contributed by atoms with van der Waals surface area (Å²) in [6.07, 6.45) is 2.09. The Morgan fingerprint density at radius 1 is 1.06 bits per heavy atom. The minimum atomic E-state index is -0.173. The Hall–Kier alpha value is -2.75. The number of fused-ring (bicyclic) bond motifs is 1. The number of thiazole rings is 1. The number of carbonyl (C=O) groups excluding carboxylic acids is 1. The monoisotopic (exact) mass is 508 g/mol. The predicted molar refractivity (Wildman–Crippen MR) is 141 cm³/mol. The lowest BCUT2D eigenvalue weighted by Crippen LogP contribution is -2.29. The molecule has 0 spiro atoms. The van der Waals surface area contributed by atoms with Gasteiger partial charge in [0.15, 0.2) is 14.8 Å². The molecule has 1 amide bonds. The number of thioether (sulfide) groups is 1. The van der Waals surface area contributed by atoms with Gasteiger partial charge in [0.2, 0.25) is 5.91 Å². The molecule has 0 N–H and O–H groups in total. The lowest BCUT2D eigenvalue weighted by Gasteiger charge is -2.16. The zero-order chi connectivity index (χ0) is 23.8. The van der Waals surface area contributed by atoms with Crippen LogP contribution in [0, 0.1) is 17.8 Å². The van der Waals surface area contributed by atoms with E-state index in [9.17, 15) is 9.59 Å². The average Bonchev–Trinajstić information content (AvgIpc) is 3.47. The molecule has 1 aliphatic rings. The maximum absolute atomic E-state index is 13.8. The largest absolute Gasteiger partial charge is 0.342 e. The summed E-state index contributed by atoms with van der Waals surface area (Å²) in [5.41, 5.74) is 4.14. The minimum absolute atomic E-state index is 0.0772. The van der Waals surface area contributed by atoms with Crippen LogP contribution in [0.3, 0.4) is 0 Å². The third-order valence-electron chi connectivity index (χ3n) is 6.01. The maximum atomic E-state index is 13.8. The molecule has 0 aliphatic carbocycles. The molecule has 4 aromatic rings. The SMILES string of the molecule is Cc1ccc(-n2c(SCC(=O)N3CCCC3)nc3c(sc(=S)n3-c3ccccc3C)c2=O)cc1. The summed E-state index contributed by atoms with van der Waals surface area (Å²) in [6.45, 7) is 5.62. The highest BCUT2D eigenvalue weighted by Crippen LogP contribution is 2.29. The molecule has 0 radical (unpaired) electrons. The molecule has 0 unspecified atom stereocenters. The van der Waals surface area contributed by atoms with E-state index in [1.165, 1.54) is 23.1 Å². The first-order valence-electron chi connectivity index (χ1n) is 11.2. The van der Waals surface area contributed by atoms with Gasteiger partial charge in [0.1, 0.15) is 4.70 Å². The predicted octanol–water partition coefficient (Wildman–Crippen LogP) is 5.30. The van der Waals surface area contributed by atoms with Crippen LogP contribution in [-0.4, -0.2) is 43.8 Å². The number of likely N-dealkylation sites (tertiary alicyclic amines) is 1. The number of benzene rings is 2. The van der Waals surface area contributed by atoms with Gasteiger partial charge in [-0.1, -0.05) is 59.0 Å². The van der Waals surface area contributed by atoms with Gasteiger partial charge >= 0.3 is 0 Å². The van der Waals surface area contributed by atoms with E-state index in [1.54, 1.807) is 4.57 Å². The van der Waals surface area contributed by atoms with E-state index < -0.39 is 0 Å². The second kappa shape index (κ2) is 9.48. The summed E-state index contributed by atoms with van der Waals surface area (Å²) in [6, 6.07) is 15.7. The number of para-hydroxylation sites is 1. The lowest BCUT2D eigenvalue weighted by atomic mass is 10.2. The van der Waals surface area contributed by atoms with Crippen LogP contribution in [0.15, 0.2) is 58.5 Å². The summed E-state index contributed by atoms with van der Waals surface area (Å²) >= 11 is 8.26. The molecule has 0 saturated carbocycles. The van der Waals surface area contributed by atoms with Crippen molar-refractivity contribution in [1.82, 2.24) is 19.0 Å². The first kappa shape index (κ1) is 23.0. The number of hydrogen-bond donors (Lipinski definition) is 0. The van der Waals surface area contributed by atoms with Crippen molar-refractivity contribution >= 4 is 51.6 Å². The highest BCUT2D eigenvalue weighted by atomic mass is 32.2. The van der Waals surface area contributed by atoms with Crippen LogP contribution in [0.1, 0.15) is 24.0 Å². The number of amides is 1. The number of rotatable bonds is 5. The number of hydrogen-bond acceptors (Lipinski definition) is 6. The molecular weight excluding hydrogens is 485 g/mol. The van der Waals surface area contributed by atoms with Crippen LogP contribution in [-0.2, 0) is 4.79 Å². The fourth-order valence-electron chi connectivity index (χ4n) is 4.16. The van der Waals surface area contributed by atoms with E-state index in [0.29, 0.717) is 19.5 Å². The standard InChI is InChI=1S/C25H24N4O2S3/c1-16-9-11-18(12-10-16)28-23(31)21-22(26-24(28)33-15-20(30)27-13-5-6-14-27)29(25(32)34-21)19-8-4-3-7-17(19)2/h3-4,7-12H,5-6,13-15H2,1-2H3. The van der Waals surface area contributed by atoms with Crippen molar-refractivity contribution in [3.63, 3.8) is 0 Å². The maximum Gasteiger partial charge on any atom is 0.278 e. The normalized spacial score (nSPS) is 13.6. The van der Waals surface area contributed by atoms with Gasteiger partial charge in [0, 0.05) is 13.1 Å². The third kappa shape index (κ3) is 4.23. The van der Waals surface area contributed by atoms with Crippen molar-refractivity contribution in [1.29, 1.82) is 0 Å². The molecule has 1 fully saturated rings. The van der Waals surface area contributed by atoms with Crippen LogP contribution in [0.4, 0.5) is 0 Å². The number of nitrogens with zero attached hydrogens (tertiary/aromatic N) is 4. The minimum Gasteiger partial charge on any atom is -0.342 e. The van der Waals surface area contributed by atoms with Gasteiger partial charge in [0.25, 0.3) is 5.56 Å². The van der Waals surface area contributed by atoms with E-state index in [-0.39, 0.29) is 17.2 Å². The van der Waals surface area contributed by atoms with Gasteiger partial charge < -0.3 is 4.90 Å². The van der Waals surface area contributed by atoms with Gasteiger partial charge in [-0.25, -0.2) is 4.98 Å². The van der Waals surface area contributed by atoms with Gasteiger partial charge in [0.05, 0.1) is 17.1 Å². The van der Waals surface area contributed by atoms with E-state index >= 15 is 0 Å². The Kier molecular flexibility index (Phi) is 6.42. The average molecular weight is 509 g/mol. The third-order valence-corrected chi connectivity index (χ3v) is 8.28. The zero-order valence-corrected chi connectivity index (χ0v) is 21.4. The summed E-state index contributed by atoms with van der Waals surface area (Å²) in [4.78, 5) is 33.4. The van der Waals surface area contributed by atoms with E-state index in [4.69, 9.17) is 17.2 Å². The van der Waals surface area contributed by atoms with Crippen LogP contribution in [0.25, 0.3) is 21.7 Å². The van der Waals surface area contributed by atoms with Crippen molar-refractivity contribution in [2.75, 3.05) is 18.8 Å². The van der Waals surface area contributed by atoms with Crippen molar-refractivity contribution in [2.45, 2.75) is 31.8 Å². The fourth-order valence-corrected chi connectivity index (χ4v) is 6.36. The second-order valence-corrected chi connectivity index (χ2v) is 11.0. The molecule has 2 aromatic heterocycles. The molecule has 34 heavy (non-hydrogen) atoms. The Morgan fingerprint density at radius 2 is 1.76 bits per heavy atom. The van der Waals surface area contributed by atoms with E-state index in [1.807, 2.05) is 71.8 Å². The van der Waals surface area contributed by atoms with Gasteiger partial charge in [-0.2, -0.15) is 0 Å². The molecule has 0 bridgehead atoms. The van der Waals surface area contributed by atoms with Crippen LogP contribution in [0.2, 0.25) is 0 Å². The van der Waals surface area contributed by atoms with Gasteiger partial charge in [-0.15, -0.1) is 0 Å². The van der Waals surface area contributed by atoms with Crippen molar-refractivity contribution < 1.29 is 4.79 Å². The molecule has 1 saturated heterocycles. The Morgan fingerprint density at radius 3 is 2.47 bits per heavy atom. The van der Waals surface area contributed by atoms with Crippen LogP contribution >= 0.6 is 35.3 Å². The van der Waals surface area contributed by atoms with E-state index in [2.05, 4.69) is 0 Å². The molecule has 6 nitrogen and oxygen atoms in total. The number of aryl methyl sites for hydroxylation is 2. The fraction of sp³-hybridized carbons (Fsp3) is 0.280. The lowest BCUT2D eigenvalue weighted by molar-refractivity contribution is -0.127. The Labute approximate surface area is 210 Å².